The van der Waals surface area contributed by atoms with Gasteiger partial charge in [0, 0.05) is 18.8 Å². The van der Waals surface area contributed by atoms with E-state index in [9.17, 15) is 9.90 Å². The molecule has 0 aliphatic carbocycles. The number of aliphatic hydroxyl groups is 1. The van der Waals surface area contributed by atoms with Gasteiger partial charge in [-0.05, 0) is 26.0 Å². The van der Waals surface area contributed by atoms with E-state index in [1.54, 1.807) is 26.0 Å². The number of nitrogens with zero attached hydrogens (tertiary/aromatic N) is 4. The molecule has 3 rings (SSSR count). The summed E-state index contributed by atoms with van der Waals surface area (Å²) in [5.41, 5.74) is 4.54. The second-order valence-corrected chi connectivity index (χ2v) is 6.51. The number of para-hydroxylation sites is 1. The number of hydrogen-bond donors (Lipinski definition) is 4. The molecule has 0 bridgehead atoms. The van der Waals surface area contributed by atoms with E-state index in [0.717, 1.165) is 0 Å². The quantitative estimate of drug-likeness (QED) is 0.574. The maximum absolute atomic E-state index is 12.0. The maximum atomic E-state index is 12.0. The van der Waals surface area contributed by atoms with E-state index in [2.05, 4.69) is 31.1 Å². The SMILES string of the molecule is CC(C)(O)c1nc(NNC(=O)Nc2ccccc2)nc(N2CCOCC2)n1. The molecule has 0 radical (unpaired) electrons. The van der Waals surface area contributed by atoms with Gasteiger partial charge >= 0.3 is 6.03 Å². The molecule has 10 heteroatoms. The van der Waals surface area contributed by atoms with Gasteiger partial charge in [0.1, 0.15) is 5.60 Å². The maximum Gasteiger partial charge on any atom is 0.337 e. The number of anilines is 3. The van der Waals surface area contributed by atoms with Crippen LogP contribution in [0.1, 0.15) is 19.7 Å². The van der Waals surface area contributed by atoms with Crippen LogP contribution in [0.25, 0.3) is 0 Å². The van der Waals surface area contributed by atoms with Crippen LogP contribution in [0.4, 0.5) is 22.4 Å². The Hall–Kier alpha value is -2.98. The number of rotatable bonds is 5. The molecule has 0 saturated carbocycles. The molecular formula is C17H23N7O3. The normalized spacial score (nSPS) is 14.6. The summed E-state index contributed by atoms with van der Waals surface area (Å²) < 4.78 is 5.34. The summed E-state index contributed by atoms with van der Waals surface area (Å²) in [4.78, 5) is 26.8. The molecule has 0 unspecified atom stereocenters. The van der Waals surface area contributed by atoms with Gasteiger partial charge in [-0.15, -0.1) is 0 Å². The second kappa shape index (κ2) is 8.14. The number of nitrogens with one attached hydrogen (secondary N) is 3. The van der Waals surface area contributed by atoms with E-state index in [4.69, 9.17) is 4.74 Å². The van der Waals surface area contributed by atoms with Crippen LogP contribution in [-0.2, 0) is 10.3 Å². The molecule has 144 valence electrons. The van der Waals surface area contributed by atoms with Gasteiger partial charge in [0.05, 0.1) is 13.2 Å². The Morgan fingerprint density at radius 3 is 2.52 bits per heavy atom. The molecule has 1 fully saturated rings. The van der Waals surface area contributed by atoms with Crippen LogP contribution >= 0.6 is 0 Å². The molecule has 1 aliphatic heterocycles. The lowest BCUT2D eigenvalue weighted by molar-refractivity contribution is 0.0685. The van der Waals surface area contributed by atoms with Gasteiger partial charge in [-0.1, -0.05) is 18.2 Å². The largest absolute Gasteiger partial charge is 0.382 e. The molecule has 1 aliphatic rings. The molecule has 0 spiro atoms. The van der Waals surface area contributed by atoms with Gasteiger partial charge in [-0.25, -0.2) is 10.2 Å². The third-order valence-electron chi connectivity index (χ3n) is 3.78. The third kappa shape index (κ3) is 5.25. The number of morpholine rings is 1. The zero-order chi connectivity index (χ0) is 19.3. The fourth-order valence-electron chi connectivity index (χ4n) is 2.40. The Kier molecular flexibility index (Phi) is 5.67. The fourth-order valence-corrected chi connectivity index (χ4v) is 2.40. The van der Waals surface area contributed by atoms with Crippen LogP contribution in [0.2, 0.25) is 0 Å². The van der Waals surface area contributed by atoms with Gasteiger partial charge in [-0.2, -0.15) is 15.0 Å². The van der Waals surface area contributed by atoms with Crippen LogP contribution in [0.15, 0.2) is 30.3 Å². The van der Waals surface area contributed by atoms with Crippen molar-refractivity contribution in [3.05, 3.63) is 36.2 Å². The Balaban J connectivity index is 1.72. The smallest absolute Gasteiger partial charge is 0.337 e. The Morgan fingerprint density at radius 2 is 1.85 bits per heavy atom. The summed E-state index contributed by atoms with van der Waals surface area (Å²) in [5.74, 6) is 0.747. The minimum absolute atomic E-state index is 0.131. The third-order valence-corrected chi connectivity index (χ3v) is 3.78. The standard InChI is InChI=1S/C17H23N7O3/c1-17(2,26)13-19-14(21-15(20-13)24-8-10-27-11-9-24)22-23-16(25)18-12-6-4-3-5-7-12/h3-7,26H,8-11H2,1-2H3,(H2,18,23,25)(H,19,20,21,22). The molecule has 1 saturated heterocycles. The van der Waals surface area contributed by atoms with E-state index in [1.807, 2.05) is 23.1 Å². The lowest BCUT2D eigenvalue weighted by Gasteiger charge is -2.28. The number of amides is 2. The summed E-state index contributed by atoms with van der Waals surface area (Å²) in [5, 5.41) is 13.0. The number of urea groups is 1. The fraction of sp³-hybridized carbons (Fsp3) is 0.412. The van der Waals surface area contributed by atoms with Gasteiger partial charge in [0.25, 0.3) is 0 Å². The summed E-state index contributed by atoms with van der Waals surface area (Å²) >= 11 is 0. The number of hydrazine groups is 1. The van der Waals surface area contributed by atoms with Crippen molar-refractivity contribution in [2.24, 2.45) is 0 Å². The molecule has 2 aromatic rings. The molecule has 0 atom stereocenters. The van der Waals surface area contributed by atoms with Gasteiger partial charge in [-0.3, -0.25) is 5.43 Å². The minimum atomic E-state index is -1.26. The van der Waals surface area contributed by atoms with Crippen molar-refractivity contribution < 1.29 is 14.6 Å². The molecule has 1 aromatic carbocycles. The molecule has 27 heavy (non-hydrogen) atoms. The number of benzene rings is 1. The van der Waals surface area contributed by atoms with Crippen molar-refractivity contribution in [2.45, 2.75) is 19.4 Å². The highest BCUT2D eigenvalue weighted by Crippen LogP contribution is 2.20. The summed E-state index contributed by atoms with van der Waals surface area (Å²) in [6.45, 7) is 5.59. The van der Waals surface area contributed by atoms with E-state index in [1.165, 1.54) is 0 Å². The Morgan fingerprint density at radius 1 is 1.15 bits per heavy atom. The number of hydrogen-bond acceptors (Lipinski definition) is 8. The summed E-state index contributed by atoms with van der Waals surface area (Å²) in [6, 6.07) is 8.56. The molecule has 2 heterocycles. The van der Waals surface area contributed by atoms with Crippen LogP contribution < -0.4 is 21.1 Å². The van der Waals surface area contributed by atoms with Gasteiger partial charge in [0.15, 0.2) is 5.82 Å². The highest BCUT2D eigenvalue weighted by Gasteiger charge is 2.24. The van der Waals surface area contributed by atoms with Gasteiger partial charge in [0.2, 0.25) is 11.9 Å². The average Bonchev–Trinajstić information content (AvgIpc) is 2.67. The summed E-state index contributed by atoms with van der Waals surface area (Å²) in [7, 11) is 0. The van der Waals surface area contributed by atoms with Gasteiger partial charge < -0.3 is 20.1 Å². The highest BCUT2D eigenvalue weighted by atomic mass is 16.5. The topological polar surface area (TPSA) is 125 Å². The van der Waals surface area contributed by atoms with Crippen molar-refractivity contribution >= 4 is 23.6 Å². The van der Waals surface area contributed by atoms with Crippen LogP contribution in [-0.4, -0.2) is 52.4 Å². The van der Waals surface area contributed by atoms with Crippen molar-refractivity contribution in [1.82, 2.24) is 20.4 Å². The number of carbonyl (C=O) groups is 1. The number of aromatic nitrogens is 3. The summed E-state index contributed by atoms with van der Waals surface area (Å²) in [6.07, 6.45) is 0. The van der Waals surface area contributed by atoms with Crippen molar-refractivity contribution in [2.75, 3.05) is 41.9 Å². The lowest BCUT2D eigenvalue weighted by Crippen LogP contribution is -2.39. The van der Waals surface area contributed by atoms with Crippen molar-refractivity contribution in [3.8, 4) is 0 Å². The predicted octanol–water partition coefficient (Wildman–Crippen LogP) is 1.08. The number of carbonyl (C=O) groups excluding carboxylic acids is 1. The Labute approximate surface area is 157 Å². The van der Waals surface area contributed by atoms with Crippen molar-refractivity contribution in [3.63, 3.8) is 0 Å². The van der Waals surface area contributed by atoms with E-state index >= 15 is 0 Å². The zero-order valence-electron chi connectivity index (χ0n) is 15.3. The predicted molar refractivity (Wildman–Crippen MR) is 100 cm³/mol. The highest BCUT2D eigenvalue weighted by molar-refractivity contribution is 5.89. The van der Waals surface area contributed by atoms with Crippen molar-refractivity contribution in [1.29, 1.82) is 0 Å². The second-order valence-electron chi connectivity index (χ2n) is 6.51. The first-order chi connectivity index (χ1) is 12.9. The molecule has 2 amide bonds. The monoisotopic (exact) mass is 373 g/mol. The lowest BCUT2D eigenvalue weighted by atomic mass is 10.1. The molecule has 10 nitrogen and oxygen atoms in total. The van der Waals surface area contributed by atoms with Crippen LogP contribution in [0.5, 0.6) is 0 Å². The average molecular weight is 373 g/mol. The first kappa shape index (κ1) is 18.8. The number of ether oxygens (including phenoxy) is 1. The first-order valence-corrected chi connectivity index (χ1v) is 8.61. The Bertz CT molecular complexity index is 774. The van der Waals surface area contributed by atoms with E-state index in [0.29, 0.717) is 37.9 Å². The molecular weight excluding hydrogens is 350 g/mol. The minimum Gasteiger partial charge on any atom is -0.382 e. The van der Waals surface area contributed by atoms with E-state index in [-0.39, 0.29) is 11.8 Å². The first-order valence-electron chi connectivity index (χ1n) is 8.61. The van der Waals surface area contributed by atoms with E-state index < -0.39 is 11.6 Å². The van der Waals surface area contributed by atoms with Crippen LogP contribution in [0, 0.1) is 0 Å². The molecule has 1 aromatic heterocycles. The van der Waals surface area contributed by atoms with Crippen LogP contribution in [0.3, 0.4) is 0 Å². The molecule has 4 N–H and O–H groups in total. The zero-order valence-corrected chi connectivity index (χ0v) is 15.3.